The zero-order valence-corrected chi connectivity index (χ0v) is 12.0. The second-order valence-electron chi connectivity index (χ2n) is 4.16. The molecule has 0 bridgehead atoms. The van der Waals surface area contributed by atoms with Crippen LogP contribution in [0.3, 0.4) is 0 Å². The number of rotatable bonds is 4. The van der Waals surface area contributed by atoms with E-state index >= 15 is 0 Å². The van der Waals surface area contributed by atoms with E-state index in [0.29, 0.717) is 16.9 Å². The van der Waals surface area contributed by atoms with Crippen LogP contribution in [0.25, 0.3) is 0 Å². The number of halogens is 1. The lowest BCUT2D eigenvalue weighted by atomic mass is 10.2. The second kappa shape index (κ2) is 6.36. The number of ether oxygens (including phenoxy) is 1. The van der Waals surface area contributed by atoms with Gasteiger partial charge < -0.3 is 14.5 Å². The minimum atomic E-state index is -2.06. The monoisotopic (exact) mass is 296 g/mol. The van der Waals surface area contributed by atoms with Crippen molar-refractivity contribution in [1.29, 1.82) is 0 Å². The topological polar surface area (TPSA) is 49.7 Å². The van der Waals surface area contributed by atoms with Crippen molar-refractivity contribution in [2.24, 2.45) is 0 Å². The number of aryl methyl sites for hydroxylation is 1. The van der Waals surface area contributed by atoms with E-state index in [0.717, 1.165) is 16.9 Å². The van der Waals surface area contributed by atoms with Gasteiger partial charge in [0.05, 0.1) is 0 Å². The molecule has 2 rings (SSSR count). The molecule has 100 valence electrons. The minimum absolute atomic E-state index is 0.374. The van der Waals surface area contributed by atoms with E-state index in [2.05, 4.69) is 0 Å². The van der Waals surface area contributed by atoms with E-state index < -0.39 is 8.38 Å². The van der Waals surface area contributed by atoms with Gasteiger partial charge in [-0.1, -0.05) is 23.7 Å². The SMILES string of the molecule is Cc1cc(Cl)ccc1OCc1cccc(P(O)O)c1. The first-order valence-corrected chi connectivity index (χ1v) is 7.34. The van der Waals surface area contributed by atoms with E-state index in [1.165, 1.54) is 0 Å². The van der Waals surface area contributed by atoms with Crippen LogP contribution in [0.1, 0.15) is 11.1 Å². The van der Waals surface area contributed by atoms with Crippen molar-refractivity contribution in [2.75, 3.05) is 0 Å². The van der Waals surface area contributed by atoms with Crippen molar-refractivity contribution in [2.45, 2.75) is 13.5 Å². The van der Waals surface area contributed by atoms with Gasteiger partial charge in [-0.15, -0.1) is 0 Å². The van der Waals surface area contributed by atoms with Crippen molar-refractivity contribution >= 4 is 25.3 Å². The average Bonchev–Trinajstić information content (AvgIpc) is 2.38. The van der Waals surface area contributed by atoms with Crippen LogP contribution >= 0.6 is 20.0 Å². The first-order valence-electron chi connectivity index (χ1n) is 5.72. The zero-order chi connectivity index (χ0) is 13.8. The maximum absolute atomic E-state index is 9.17. The number of benzene rings is 2. The average molecular weight is 297 g/mol. The second-order valence-corrected chi connectivity index (χ2v) is 5.69. The van der Waals surface area contributed by atoms with Crippen LogP contribution in [0.2, 0.25) is 5.02 Å². The molecule has 0 amide bonds. The molecule has 0 spiro atoms. The van der Waals surface area contributed by atoms with Crippen LogP contribution in [0.4, 0.5) is 0 Å². The van der Waals surface area contributed by atoms with Gasteiger partial charge in [-0.2, -0.15) is 0 Å². The van der Waals surface area contributed by atoms with E-state index in [9.17, 15) is 9.79 Å². The fraction of sp³-hybridized carbons (Fsp3) is 0.143. The third-order valence-corrected chi connectivity index (χ3v) is 3.65. The van der Waals surface area contributed by atoms with Crippen LogP contribution in [0.15, 0.2) is 42.5 Å². The molecule has 0 aromatic heterocycles. The molecule has 0 atom stereocenters. The molecule has 2 N–H and O–H groups in total. The molecule has 0 radical (unpaired) electrons. The standard InChI is InChI=1S/C14H14ClO3P/c1-10-7-12(15)5-6-14(10)18-9-11-3-2-4-13(8-11)19(16)17/h2-8,16-17H,9H2,1H3. The van der Waals surface area contributed by atoms with Crippen LogP contribution < -0.4 is 10.0 Å². The van der Waals surface area contributed by atoms with Crippen molar-refractivity contribution < 1.29 is 14.5 Å². The number of hydrogen-bond acceptors (Lipinski definition) is 3. The van der Waals surface area contributed by atoms with Crippen molar-refractivity contribution in [3.63, 3.8) is 0 Å². The molecule has 0 aliphatic heterocycles. The molecule has 0 fully saturated rings. The summed E-state index contributed by atoms with van der Waals surface area (Å²) in [4.78, 5) is 18.3. The lowest BCUT2D eigenvalue weighted by molar-refractivity contribution is 0.304. The van der Waals surface area contributed by atoms with Gasteiger partial charge in [0, 0.05) is 10.3 Å². The van der Waals surface area contributed by atoms with Gasteiger partial charge in [-0.25, -0.2) is 0 Å². The molecule has 5 heteroatoms. The van der Waals surface area contributed by atoms with Gasteiger partial charge in [0.1, 0.15) is 12.4 Å². The molecule has 3 nitrogen and oxygen atoms in total. The lowest BCUT2D eigenvalue weighted by Crippen LogP contribution is -2.04. The van der Waals surface area contributed by atoms with Crippen molar-refractivity contribution in [3.8, 4) is 5.75 Å². The van der Waals surface area contributed by atoms with E-state index in [1.54, 1.807) is 24.3 Å². The third kappa shape index (κ3) is 3.92. The zero-order valence-electron chi connectivity index (χ0n) is 10.4. The van der Waals surface area contributed by atoms with E-state index in [4.69, 9.17) is 16.3 Å². The predicted octanol–water partition coefficient (Wildman–Crippen LogP) is 3.15. The lowest BCUT2D eigenvalue weighted by Gasteiger charge is -2.10. The Hall–Kier alpha value is -1.12. The Morgan fingerprint density at radius 3 is 2.63 bits per heavy atom. The molecule has 19 heavy (non-hydrogen) atoms. The molecule has 0 saturated heterocycles. The van der Waals surface area contributed by atoms with Gasteiger partial charge in [0.25, 0.3) is 0 Å². The summed E-state index contributed by atoms with van der Waals surface area (Å²) in [6, 6.07) is 12.5. The molecule has 0 aliphatic rings. The van der Waals surface area contributed by atoms with Gasteiger partial charge in [-0.05, 0) is 48.4 Å². The molecule has 0 unspecified atom stereocenters. The highest BCUT2D eigenvalue weighted by atomic mass is 35.5. The Balaban J connectivity index is 2.08. The molecule has 2 aromatic carbocycles. The van der Waals surface area contributed by atoms with Crippen molar-refractivity contribution in [3.05, 3.63) is 58.6 Å². The summed E-state index contributed by atoms with van der Waals surface area (Å²) in [5.41, 5.74) is 1.86. The molecule has 0 saturated carbocycles. The highest BCUT2D eigenvalue weighted by Crippen LogP contribution is 2.24. The van der Waals surface area contributed by atoms with Gasteiger partial charge in [0.15, 0.2) is 8.38 Å². The Labute approximate surface area is 118 Å². The predicted molar refractivity (Wildman–Crippen MR) is 78.0 cm³/mol. The van der Waals surface area contributed by atoms with E-state index in [-0.39, 0.29) is 0 Å². The summed E-state index contributed by atoms with van der Waals surface area (Å²) >= 11 is 5.88. The third-order valence-electron chi connectivity index (χ3n) is 2.67. The fourth-order valence-corrected chi connectivity index (χ4v) is 2.43. The van der Waals surface area contributed by atoms with Crippen LogP contribution in [0.5, 0.6) is 5.75 Å². The Morgan fingerprint density at radius 1 is 1.16 bits per heavy atom. The first kappa shape index (κ1) is 14.3. The highest BCUT2D eigenvalue weighted by molar-refractivity contribution is 7.54. The molecule has 2 aromatic rings. The van der Waals surface area contributed by atoms with Crippen LogP contribution in [-0.2, 0) is 6.61 Å². The van der Waals surface area contributed by atoms with Crippen molar-refractivity contribution in [1.82, 2.24) is 0 Å². The summed E-state index contributed by atoms with van der Waals surface area (Å²) in [5, 5.41) is 1.20. The molecule has 0 heterocycles. The summed E-state index contributed by atoms with van der Waals surface area (Å²) < 4.78 is 5.70. The highest BCUT2D eigenvalue weighted by Gasteiger charge is 2.05. The van der Waals surface area contributed by atoms with E-state index in [1.807, 2.05) is 25.1 Å². The van der Waals surface area contributed by atoms with Crippen LogP contribution in [-0.4, -0.2) is 9.79 Å². The van der Waals surface area contributed by atoms with Gasteiger partial charge in [0.2, 0.25) is 0 Å². The fourth-order valence-electron chi connectivity index (χ4n) is 1.71. The summed E-state index contributed by atoms with van der Waals surface area (Å²) in [5.74, 6) is 0.769. The Bertz CT molecular complexity index is 572. The molecule has 0 aliphatic carbocycles. The molecular formula is C14H14ClO3P. The maximum atomic E-state index is 9.17. The summed E-state index contributed by atoms with van der Waals surface area (Å²) in [7, 11) is -2.06. The quantitative estimate of drug-likeness (QED) is 0.852. The maximum Gasteiger partial charge on any atom is 0.199 e. The van der Waals surface area contributed by atoms with Gasteiger partial charge >= 0.3 is 0 Å². The minimum Gasteiger partial charge on any atom is -0.489 e. The largest absolute Gasteiger partial charge is 0.489 e. The van der Waals surface area contributed by atoms with Gasteiger partial charge in [-0.3, -0.25) is 0 Å². The smallest absolute Gasteiger partial charge is 0.199 e. The number of hydrogen-bond donors (Lipinski definition) is 2. The van der Waals surface area contributed by atoms with Crippen LogP contribution in [0, 0.1) is 6.92 Å². The summed E-state index contributed by atoms with van der Waals surface area (Å²) in [6.45, 7) is 2.30. The Morgan fingerprint density at radius 2 is 1.95 bits per heavy atom. The Kier molecular flexibility index (Phi) is 4.78. The first-order chi connectivity index (χ1) is 9.06. The normalized spacial score (nSPS) is 10.8. The molecular weight excluding hydrogens is 283 g/mol. The summed E-state index contributed by atoms with van der Waals surface area (Å²) in [6.07, 6.45) is 0.